The maximum atomic E-state index is 10.2. The largest absolute Gasteiger partial charge is 0.298 e. The van der Waals surface area contributed by atoms with Crippen LogP contribution in [0.15, 0.2) is 11.6 Å². The van der Waals surface area contributed by atoms with E-state index >= 15 is 0 Å². The van der Waals surface area contributed by atoms with Crippen LogP contribution < -0.4 is 0 Å². The summed E-state index contributed by atoms with van der Waals surface area (Å²) >= 11 is 3.41. The monoisotopic (exact) mass is 232 g/mol. The fraction of sp³-hybridized carbons (Fsp3) is 0.700. The maximum absolute atomic E-state index is 10.2. The molecule has 0 radical (unpaired) electrons. The molecule has 0 aromatic heterocycles. The Morgan fingerprint density at radius 2 is 2.17 bits per heavy atom. The summed E-state index contributed by atoms with van der Waals surface area (Å²) in [6, 6.07) is 0. The molecule has 0 heterocycles. The highest BCUT2D eigenvalue weighted by atomic mass is 79.9. The highest BCUT2D eigenvalue weighted by Gasteiger charge is 1.98. The minimum Gasteiger partial charge on any atom is -0.298 e. The Balaban J connectivity index is 3.48. The Bertz CT molecular complexity index is 152. The number of allylic oxidation sites excluding steroid dienone is 2. The lowest BCUT2D eigenvalue weighted by atomic mass is 10.0. The van der Waals surface area contributed by atoms with Crippen molar-refractivity contribution in [3.05, 3.63) is 11.6 Å². The molecule has 1 unspecified atom stereocenters. The zero-order valence-electron chi connectivity index (χ0n) is 7.85. The summed E-state index contributed by atoms with van der Waals surface area (Å²) in [7, 11) is 0. The van der Waals surface area contributed by atoms with Gasteiger partial charge in [0, 0.05) is 5.33 Å². The lowest BCUT2D eigenvalue weighted by Gasteiger charge is -2.06. The van der Waals surface area contributed by atoms with Crippen LogP contribution in [-0.4, -0.2) is 11.6 Å². The van der Waals surface area contributed by atoms with Crippen LogP contribution in [0.5, 0.6) is 0 Å². The summed E-state index contributed by atoms with van der Waals surface area (Å²) < 4.78 is 0. The number of rotatable bonds is 6. The zero-order valence-corrected chi connectivity index (χ0v) is 9.43. The van der Waals surface area contributed by atoms with Gasteiger partial charge in [0.2, 0.25) is 0 Å². The average molecular weight is 233 g/mol. The Labute approximate surface area is 83.4 Å². The second-order valence-electron chi connectivity index (χ2n) is 3.23. The molecule has 0 aromatic rings. The number of aldehydes is 1. The van der Waals surface area contributed by atoms with Crippen LogP contribution in [-0.2, 0) is 4.79 Å². The standard InChI is InChI=1S/C10H17BrO/c1-9(6-7-11)4-3-5-10(2)8-12/h5,8-9H,3-4,6-7H2,1-2H3. The summed E-state index contributed by atoms with van der Waals surface area (Å²) in [4.78, 5) is 10.2. The third-order valence-electron chi connectivity index (χ3n) is 1.91. The maximum Gasteiger partial charge on any atom is 0.145 e. The van der Waals surface area contributed by atoms with E-state index in [4.69, 9.17) is 0 Å². The minimum atomic E-state index is 0.750. The topological polar surface area (TPSA) is 17.1 Å². The molecule has 0 bridgehead atoms. The normalized spacial score (nSPS) is 14.4. The van der Waals surface area contributed by atoms with Crippen molar-refractivity contribution in [1.29, 1.82) is 0 Å². The second-order valence-corrected chi connectivity index (χ2v) is 4.02. The molecule has 0 saturated carbocycles. The van der Waals surface area contributed by atoms with E-state index in [2.05, 4.69) is 22.9 Å². The van der Waals surface area contributed by atoms with Gasteiger partial charge in [0.1, 0.15) is 6.29 Å². The van der Waals surface area contributed by atoms with Crippen LogP contribution >= 0.6 is 15.9 Å². The quantitative estimate of drug-likeness (QED) is 0.390. The van der Waals surface area contributed by atoms with E-state index in [9.17, 15) is 4.79 Å². The Morgan fingerprint density at radius 1 is 1.50 bits per heavy atom. The number of carbonyl (C=O) groups excluding carboxylic acids is 1. The van der Waals surface area contributed by atoms with Gasteiger partial charge in [0.25, 0.3) is 0 Å². The predicted molar refractivity (Wildman–Crippen MR) is 56.6 cm³/mol. The van der Waals surface area contributed by atoms with Gasteiger partial charge in [0.05, 0.1) is 0 Å². The molecule has 0 saturated heterocycles. The Hall–Kier alpha value is -0.110. The van der Waals surface area contributed by atoms with Crippen molar-refractivity contribution in [2.24, 2.45) is 5.92 Å². The lowest BCUT2D eigenvalue weighted by Crippen LogP contribution is -1.94. The lowest BCUT2D eigenvalue weighted by molar-refractivity contribution is -0.104. The van der Waals surface area contributed by atoms with E-state index in [-0.39, 0.29) is 0 Å². The van der Waals surface area contributed by atoms with Gasteiger partial charge in [-0.3, -0.25) is 4.79 Å². The molecule has 2 heteroatoms. The van der Waals surface area contributed by atoms with E-state index in [1.807, 2.05) is 13.0 Å². The van der Waals surface area contributed by atoms with Crippen molar-refractivity contribution >= 4 is 22.2 Å². The van der Waals surface area contributed by atoms with Crippen molar-refractivity contribution in [3.63, 3.8) is 0 Å². The smallest absolute Gasteiger partial charge is 0.145 e. The molecular weight excluding hydrogens is 216 g/mol. The molecule has 0 aromatic carbocycles. The van der Waals surface area contributed by atoms with Crippen molar-refractivity contribution < 1.29 is 4.79 Å². The van der Waals surface area contributed by atoms with Gasteiger partial charge in [-0.1, -0.05) is 28.9 Å². The van der Waals surface area contributed by atoms with E-state index in [1.165, 1.54) is 12.8 Å². The summed E-state index contributed by atoms with van der Waals surface area (Å²) in [6.45, 7) is 4.09. The van der Waals surface area contributed by atoms with Crippen LogP contribution in [0.2, 0.25) is 0 Å². The molecule has 1 nitrogen and oxygen atoms in total. The van der Waals surface area contributed by atoms with Gasteiger partial charge in [-0.05, 0) is 37.7 Å². The molecule has 0 N–H and O–H groups in total. The van der Waals surface area contributed by atoms with Crippen LogP contribution in [0.4, 0.5) is 0 Å². The minimum absolute atomic E-state index is 0.750. The van der Waals surface area contributed by atoms with Gasteiger partial charge < -0.3 is 0 Å². The van der Waals surface area contributed by atoms with Gasteiger partial charge >= 0.3 is 0 Å². The summed E-state index contributed by atoms with van der Waals surface area (Å²) in [5, 5.41) is 1.07. The fourth-order valence-electron chi connectivity index (χ4n) is 0.974. The number of hydrogen-bond acceptors (Lipinski definition) is 1. The molecule has 0 fully saturated rings. The highest BCUT2D eigenvalue weighted by Crippen LogP contribution is 2.12. The van der Waals surface area contributed by atoms with Crippen LogP contribution in [0.1, 0.15) is 33.1 Å². The van der Waals surface area contributed by atoms with Crippen LogP contribution in [0.25, 0.3) is 0 Å². The number of halogens is 1. The molecule has 0 aliphatic rings. The van der Waals surface area contributed by atoms with Crippen molar-refractivity contribution in [1.82, 2.24) is 0 Å². The first-order valence-electron chi connectivity index (χ1n) is 4.38. The molecule has 70 valence electrons. The molecule has 0 aliphatic carbocycles. The van der Waals surface area contributed by atoms with Crippen LogP contribution in [0, 0.1) is 5.92 Å². The summed E-state index contributed by atoms with van der Waals surface area (Å²) in [5.41, 5.74) is 0.848. The van der Waals surface area contributed by atoms with Gasteiger partial charge in [-0.25, -0.2) is 0 Å². The first-order chi connectivity index (χ1) is 5.70. The third-order valence-corrected chi connectivity index (χ3v) is 2.37. The predicted octanol–water partition coefficient (Wildman–Crippen LogP) is 3.33. The van der Waals surface area contributed by atoms with Gasteiger partial charge in [-0.2, -0.15) is 0 Å². The van der Waals surface area contributed by atoms with E-state index in [0.29, 0.717) is 0 Å². The van der Waals surface area contributed by atoms with E-state index < -0.39 is 0 Å². The van der Waals surface area contributed by atoms with Crippen LogP contribution in [0.3, 0.4) is 0 Å². The number of hydrogen-bond donors (Lipinski definition) is 0. The molecule has 0 amide bonds. The fourth-order valence-corrected chi connectivity index (χ4v) is 1.76. The molecule has 0 aliphatic heterocycles. The van der Waals surface area contributed by atoms with Crippen molar-refractivity contribution in [3.8, 4) is 0 Å². The second kappa shape index (κ2) is 7.53. The molecule has 0 spiro atoms. The average Bonchev–Trinajstić information content (AvgIpc) is 2.04. The van der Waals surface area contributed by atoms with E-state index in [1.54, 1.807) is 0 Å². The number of alkyl halides is 1. The molecule has 12 heavy (non-hydrogen) atoms. The molecular formula is C10H17BrO. The van der Waals surface area contributed by atoms with Gasteiger partial charge in [-0.15, -0.1) is 0 Å². The first kappa shape index (κ1) is 11.9. The first-order valence-corrected chi connectivity index (χ1v) is 5.50. The van der Waals surface area contributed by atoms with Crippen molar-refractivity contribution in [2.45, 2.75) is 33.1 Å². The zero-order chi connectivity index (χ0) is 9.40. The summed E-state index contributed by atoms with van der Waals surface area (Å²) in [5.74, 6) is 0.750. The van der Waals surface area contributed by atoms with Crippen molar-refractivity contribution in [2.75, 3.05) is 5.33 Å². The molecule has 0 rings (SSSR count). The summed E-state index contributed by atoms with van der Waals surface area (Å²) in [6.07, 6.45) is 6.34. The Morgan fingerprint density at radius 3 is 2.67 bits per heavy atom. The van der Waals surface area contributed by atoms with Gasteiger partial charge in [0.15, 0.2) is 0 Å². The Kier molecular flexibility index (Phi) is 7.47. The third kappa shape index (κ3) is 6.59. The highest BCUT2D eigenvalue weighted by molar-refractivity contribution is 9.09. The van der Waals surface area contributed by atoms with E-state index in [0.717, 1.165) is 29.5 Å². The molecule has 1 atom stereocenters. The SMILES string of the molecule is CC(C=O)=CCCC(C)CCBr. The number of carbonyl (C=O) groups is 1.